The van der Waals surface area contributed by atoms with E-state index in [2.05, 4.69) is 0 Å². The zero-order valence-corrected chi connectivity index (χ0v) is 9.77. The number of nitrogen functional groups attached to an aromatic ring is 1. The molecule has 0 saturated heterocycles. The van der Waals surface area contributed by atoms with Gasteiger partial charge in [-0.2, -0.15) is 0 Å². The molecular weight excluding hydrogens is 204 g/mol. The van der Waals surface area contributed by atoms with Gasteiger partial charge >= 0.3 is 0 Å². The summed E-state index contributed by atoms with van der Waals surface area (Å²) < 4.78 is 5.11. The van der Waals surface area contributed by atoms with Gasteiger partial charge in [0.15, 0.2) is 0 Å². The predicted octanol–water partition coefficient (Wildman–Crippen LogP) is 1.66. The van der Waals surface area contributed by atoms with Crippen molar-refractivity contribution < 1.29 is 9.53 Å². The monoisotopic (exact) mass is 222 g/mol. The summed E-state index contributed by atoms with van der Waals surface area (Å²) in [6, 6.07) is 7.24. The highest BCUT2D eigenvalue weighted by Crippen LogP contribution is 2.16. The Morgan fingerprint density at radius 3 is 2.44 bits per heavy atom. The van der Waals surface area contributed by atoms with Gasteiger partial charge in [-0.1, -0.05) is 0 Å². The molecule has 1 amide bonds. The molecule has 0 aliphatic heterocycles. The first-order valence-electron chi connectivity index (χ1n) is 5.42. The average molecular weight is 222 g/mol. The van der Waals surface area contributed by atoms with Crippen molar-refractivity contribution in [2.75, 3.05) is 30.4 Å². The van der Waals surface area contributed by atoms with E-state index in [0.29, 0.717) is 18.8 Å². The van der Waals surface area contributed by atoms with Crippen LogP contribution in [0.5, 0.6) is 0 Å². The van der Waals surface area contributed by atoms with Crippen LogP contribution in [0, 0.1) is 0 Å². The van der Waals surface area contributed by atoms with Gasteiger partial charge in [0.2, 0.25) is 0 Å². The highest BCUT2D eigenvalue weighted by atomic mass is 16.5. The van der Waals surface area contributed by atoms with Crippen LogP contribution in [0.15, 0.2) is 24.3 Å². The number of hydrogen-bond donors (Lipinski definition) is 1. The van der Waals surface area contributed by atoms with E-state index in [0.717, 1.165) is 5.69 Å². The largest absolute Gasteiger partial charge is 0.399 e. The van der Waals surface area contributed by atoms with Crippen molar-refractivity contribution in [3.63, 3.8) is 0 Å². The summed E-state index contributed by atoms with van der Waals surface area (Å²) in [4.78, 5) is 13.5. The van der Waals surface area contributed by atoms with Gasteiger partial charge in [0.05, 0.1) is 0 Å². The van der Waals surface area contributed by atoms with Crippen LogP contribution in [0.4, 0.5) is 11.4 Å². The van der Waals surface area contributed by atoms with Crippen LogP contribution >= 0.6 is 0 Å². The smallest absolute Gasteiger partial charge is 0.252 e. The number of nitrogens with two attached hydrogens (primary N) is 1. The van der Waals surface area contributed by atoms with Crippen LogP contribution in [0.2, 0.25) is 0 Å². The van der Waals surface area contributed by atoms with Crippen molar-refractivity contribution in [2.45, 2.75) is 13.8 Å². The van der Waals surface area contributed by atoms with Crippen molar-refractivity contribution in [3.05, 3.63) is 24.3 Å². The van der Waals surface area contributed by atoms with Crippen molar-refractivity contribution >= 4 is 17.3 Å². The summed E-state index contributed by atoms with van der Waals surface area (Å²) in [6.07, 6.45) is 0. The van der Waals surface area contributed by atoms with Gasteiger partial charge in [-0.3, -0.25) is 4.79 Å². The molecule has 4 heteroatoms. The minimum absolute atomic E-state index is 0.0332. The maximum Gasteiger partial charge on any atom is 0.252 e. The van der Waals surface area contributed by atoms with Gasteiger partial charge in [0.25, 0.3) is 5.91 Å². The second-order valence-electron chi connectivity index (χ2n) is 3.37. The fourth-order valence-electron chi connectivity index (χ4n) is 1.42. The highest BCUT2D eigenvalue weighted by molar-refractivity contribution is 5.94. The van der Waals surface area contributed by atoms with E-state index in [4.69, 9.17) is 10.5 Å². The van der Waals surface area contributed by atoms with E-state index in [1.165, 1.54) is 0 Å². The Bertz CT molecular complexity index is 335. The molecule has 0 spiro atoms. The molecule has 0 aliphatic rings. The molecule has 0 heterocycles. The highest BCUT2D eigenvalue weighted by Gasteiger charge is 2.13. The Morgan fingerprint density at radius 2 is 1.94 bits per heavy atom. The molecule has 0 atom stereocenters. The van der Waals surface area contributed by atoms with Crippen LogP contribution < -0.4 is 10.6 Å². The number of benzene rings is 1. The number of hydrogen-bond acceptors (Lipinski definition) is 3. The van der Waals surface area contributed by atoms with Crippen LogP contribution in [0.1, 0.15) is 13.8 Å². The first-order valence-corrected chi connectivity index (χ1v) is 5.42. The molecule has 1 aromatic carbocycles. The normalized spacial score (nSPS) is 10.1. The lowest BCUT2D eigenvalue weighted by atomic mass is 10.2. The summed E-state index contributed by atoms with van der Waals surface area (Å²) in [5.41, 5.74) is 7.14. The lowest BCUT2D eigenvalue weighted by molar-refractivity contribution is -0.122. The molecule has 1 rings (SSSR count). The van der Waals surface area contributed by atoms with Crippen molar-refractivity contribution in [1.82, 2.24) is 0 Å². The molecule has 0 fully saturated rings. The van der Waals surface area contributed by atoms with E-state index < -0.39 is 0 Å². The summed E-state index contributed by atoms with van der Waals surface area (Å²) in [7, 11) is 0. The standard InChI is InChI=1S/C12H18N2O2/c1-3-14(12(15)9-16-4-2)11-7-5-10(13)6-8-11/h5-8H,3-4,9,13H2,1-2H3. The third-order valence-corrected chi connectivity index (χ3v) is 2.25. The van der Waals surface area contributed by atoms with Gasteiger partial charge < -0.3 is 15.4 Å². The second-order valence-corrected chi connectivity index (χ2v) is 3.37. The van der Waals surface area contributed by atoms with E-state index in [-0.39, 0.29) is 12.5 Å². The zero-order chi connectivity index (χ0) is 12.0. The third kappa shape index (κ3) is 3.24. The van der Waals surface area contributed by atoms with Gasteiger partial charge in [-0.05, 0) is 38.1 Å². The molecule has 0 aliphatic carbocycles. The predicted molar refractivity (Wildman–Crippen MR) is 65.4 cm³/mol. The molecule has 88 valence electrons. The lowest BCUT2D eigenvalue weighted by Gasteiger charge is -2.20. The second kappa shape index (κ2) is 6.12. The summed E-state index contributed by atoms with van der Waals surface area (Å²) in [5.74, 6) is -0.0332. The van der Waals surface area contributed by atoms with Gasteiger partial charge in [0.1, 0.15) is 6.61 Å². The number of amides is 1. The molecular formula is C12H18N2O2. The van der Waals surface area contributed by atoms with E-state index in [1.54, 1.807) is 17.0 Å². The summed E-state index contributed by atoms with van der Waals surface area (Å²) in [6.45, 7) is 5.09. The number of anilines is 2. The Labute approximate surface area is 96.0 Å². The van der Waals surface area contributed by atoms with Crippen LogP contribution in [0.25, 0.3) is 0 Å². The maximum absolute atomic E-state index is 11.8. The number of likely N-dealkylation sites (N-methyl/N-ethyl adjacent to an activating group) is 1. The molecule has 0 radical (unpaired) electrons. The van der Waals surface area contributed by atoms with Gasteiger partial charge in [-0.15, -0.1) is 0 Å². The molecule has 2 N–H and O–H groups in total. The maximum atomic E-state index is 11.8. The Balaban J connectivity index is 2.73. The van der Waals surface area contributed by atoms with Crippen LogP contribution in [-0.4, -0.2) is 25.7 Å². The van der Waals surface area contributed by atoms with Crippen LogP contribution in [0.3, 0.4) is 0 Å². The van der Waals surface area contributed by atoms with E-state index in [9.17, 15) is 4.79 Å². The van der Waals surface area contributed by atoms with Crippen molar-refractivity contribution in [1.29, 1.82) is 0 Å². The third-order valence-electron chi connectivity index (χ3n) is 2.25. The number of carbonyl (C=O) groups is 1. The van der Waals surface area contributed by atoms with E-state index in [1.807, 2.05) is 26.0 Å². The topological polar surface area (TPSA) is 55.6 Å². The molecule has 0 bridgehead atoms. The first kappa shape index (κ1) is 12.5. The summed E-state index contributed by atoms with van der Waals surface area (Å²) in [5, 5.41) is 0. The van der Waals surface area contributed by atoms with Crippen LogP contribution in [-0.2, 0) is 9.53 Å². The molecule has 1 aromatic rings. The zero-order valence-electron chi connectivity index (χ0n) is 9.77. The quantitative estimate of drug-likeness (QED) is 0.771. The van der Waals surface area contributed by atoms with Crippen molar-refractivity contribution in [2.24, 2.45) is 0 Å². The SMILES string of the molecule is CCOCC(=O)N(CC)c1ccc(N)cc1. The lowest BCUT2D eigenvalue weighted by Crippen LogP contribution is -2.33. The average Bonchev–Trinajstić information content (AvgIpc) is 2.30. The van der Waals surface area contributed by atoms with E-state index >= 15 is 0 Å². The number of ether oxygens (including phenoxy) is 1. The Morgan fingerprint density at radius 1 is 1.31 bits per heavy atom. The molecule has 0 unspecified atom stereocenters. The van der Waals surface area contributed by atoms with Gasteiger partial charge in [0, 0.05) is 24.5 Å². The Hall–Kier alpha value is -1.55. The van der Waals surface area contributed by atoms with Crippen molar-refractivity contribution in [3.8, 4) is 0 Å². The Kier molecular flexibility index (Phi) is 4.79. The number of nitrogens with zero attached hydrogens (tertiary/aromatic N) is 1. The summed E-state index contributed by atoms with van der Waals surface area (Å²) >= 11 is 0. The molecule has 0 saturated carbocycles. The first-order chi connectivity index (χ1) is 7.69. The minimum atomic E-state index is -0.0332. The molecule has 0 aromatic heterocycles. The molecule has 4 nitrogen and oxygen atoms in total. The fraction of sp³-hybridized carbons (Fsp3) is 0.417. The fourth-order valence-corrected chi connectivity index (χ4v) is 1.42. The van der Waals surface area contributed by atoms with Gasteiger partial charge in [-0.25, -0.2) is 0 Å². The molecule has 16 heavy (non-hydrogen) atoms. The minimum Gasteiger partial charge on any atom is -0.399 e. The number of rotatable bonds is 5. The number of carbonyl (C=O) groups excluding carboxylic acids is 1.